The van der Waals surface area contributed by atoms with Gasteiger partial charge >= 0.3 is 0 Å². The van der Waals surface area contributed by atoms with Crippen LogP contribution in [0.5, 0.6) is 0 Å². The molecule has 1 aromatic heterocycles. The molecule has 1 heterocycles. The lowest BCUT2D eigenvalue weighted by molar-refractivity contribution is 0.0965. The van der Waals surface area contributed by atoms with Crippen LogP contribution in [0.15, 0.2) is 48.7 Å². The van der Waals surface area contributed by atoms with Gasteiger partial charge in [-0.3, -0.25) is 14.2 Å². The van der Waals surface area contributed by atoms with Crippen molar-refractivity contribution < 1.29 is 9.59 Å². The molecule has 5 heteroatoms. The van der Waals surface area contributed by atoms with Gasteiger partial charge in [-0.2, -0.15) is 0 Å². The molecule has 0 aliphatic heterocycles. The van der Waals surface area contributed by atoms with Gasteiger partial charge in [0.15, 0.2) is 6.29 Å². The van der Waals surface area contributed by atoms with Crippen molar-refractivity contribution in [3.05, 3.63) is 69.8 Å². The molecule has 21 heavy (non-hydrogen) atoms. The lowest BCUT2D eigenvalue weighted by Gasteiger charge is -2.05. The lowest BCUT2D eigenvalue weighted by atomic mass is 10.2. The first kappa shape index (κ1) is 13.9. The van der Waals surface area contributed by atoms with E-state index in [4.69, 9.17) is 23.2 Å². The Balaban J connectivity index is 2.17. The number of fused-ring (bicyclic) bond motifs is 1. The van der Waals surface area contributed by atoms with Gasteiger partial charge in [0.05, 0.1) is 15.6 Å². The molecule has 0 fully saturated rings. The summed E-state index contributed by atoms with van der Waals surface area (Å²) in [6.45, 7) is 0. The van der Waals surface area contributed by atoms with E-state index >= 15 is 0 Å². The van der Waals surface area contributed by atoms with Crippen LogP contribution in [0.2, 0.25) is 10.0 Å². The minimum absolute atomic E-state index is 0.266. The third-order valence-electron chi connectivity index (χ3n) is 3.26. The highest BCUT2D eigenvalue weighted by Crippen LogP contribution is 2.25. The van der Waals surface area contributed by atoms with Crippen LogP contribution in [-0.4, -0.2) is 16.8 Å². The quantitative estimate of drug-likeness (QED) is 0.655. The van der Waals surface area contributed by atoms with Gasteiger partial charge in [-0.25, -0.2) is 0 Å². The first-order valence-corrected chi connectivity index (χ1v) is 6.92. The highest BCUT2D eigenvalue weighted by Gasteiger charge is 2.15. The fourth-order valence-corrected chi connectivity index (χ4v) is 2.53. The molecule has 0 radical (unpaired) electrons. The van der Waals surface area contributed by atoms with E-state index < -0.39 is 0 Å². The van der Waals surface area contributed by atoms with Crippen molar-refractivity contribution in [1.82, 2.24) is 4.57 Å². The molecule has 0 N–H and O–H groups in total. The van der Waals surface area contributed by atoms with Gasteiger partial charge in [0.1, 0.15) is 0 Å². The summed E-state index contributed by atoms with van der Waals surface area (Å²) < 4.78 is 1.44. The summed E-state index contributed by atoms with van der Waals surface area (Å²) in [6, 6.07) is 11.9. The Bertz CT molecular complexity index is 868. The van der Waals surface area contributed by atoms with Gasteiger partial charge in [0.25, 0.3) is 5.91 Å². The topological polar surface area (TPSA) is 39.1 Å². The second kappa shape index (κ2) is 5.35. The van der Waals surface area contributed by atoms with Crippen LogP contribution in [-0.2, 0) is 0 Å². The molecular formula is C16H9Cl2NO2. The fraction of sp³-hybridized carbons (Fsp3) is 0. The maximum atomic E-state index is 12.6. The predicted octanol–water partition coefficient (Wildman–Crippen LogP) is 4.45. The Kier molecular flexibility index (Phi) is 3.53. The summed E-state index contributed by atoms with van der Waals surface area (Å²) in [4.78, 5) is 23.7. The molecule has 0 amide bonds. The second-order valence-corrected chi connectivity index (χ2v) is 5.34. The summed E-state index contributed by atoms with van der Waals surface area (Å²) >= 11 is 11.8. The van der Waals surface area contributed by atoms with E-state index in [1.165, 1.54) is 16.8 Å². The minimum Gasteiger partial charge on any atom is -0.298 e. The molecule has 0 aliphatic carbocycles. The summed E-state index contributed by atoms with van der Waals surface area (Å²) in [5.74, 6) is -0.266. The van der Waals surface area contributed by atoms with Gasteiger partial charge in [0.2, 0.25) is 0 Å². The molecule has 0 spiro atoms. The number of rotatable bonds is 2. The largest absolute Gasteiger partial charge is 0.298 e. The van der Waals surface area contributed by atoms with Crippen LogP contribution in [0.25, 0.3) is 10.9 Å². The van der Waals surface area contributed by atoms with Gasteiger partial charge in [-0.15, -0.1) is 0 Å². The second-order valence-electron chi connectivity index (χ2n) is 4.52. The summed E-state index contributed by atoms with van der Waals surface area (Å²) in [5.41, 5.74) is 1.55. The standard InChI is InChI=1S/C16H9Cl2NO2/c17-13-6-5-10(7-14(13)18)16(21)19-8-11(9-20)12-3-1-2-4-15(12)19/h1-9H. The van der Waals surface area contributed by atoms with E-state index in [9.17, 15) is 9.59 Å². The van der Waals surface area contributed by atoms with E-state index in [0.29, 0.717) is 26.7 Å². The molecule has 3 rings (SSSR count). The average Bonchev–Trinajstić information content (AvgIpc) is 2.88. The zero-order chi connectivity index (χ0) is 15.0. The summed E-state index contributed by atoms with van der Waals surface area (Å²) in [6.07, 6.45) is 2.27. The molecule has 3 nitrogen and oxygen atoms in total. The highest BCUT2D eigenvalue weighted by molar-refractivity contribution is 6.42. The van der Waals surface area contributed by atoms with Crippen molar-refractivity contribution in [3.63, 3.8) is 0 Å². The normalized spacial score (nSPS) is 10.8. The Morgan fingerprint density at radius 3 is 2.52 bits per heavy atom. The maximum Gasteiger partial charge on any atom is 0.262 e. The molecule has 0 saturated heterocycles. The van der Waals surface area contributed by atoms with E-state index in [-0.39, 0.29) is 5.91 Å². The molecule has 0 bridgehead atoms. The zero-order valence-electron chi connectivity index (χ0n) is 10.7. The summed E-state index contributed by atoms with van der Waals surface area (Å²) in [5, 5.41) is 1.44. The predicted molar refractivity (Wildman–Crippen MR) is 83.5 cm³/mol. The number of nitrogens with zero attached hydrogens (tertiary/aromatic N) is 1. The van der Waals surface area contributed by atoms with Crippen LogP contribution in [0, 0.1) is 0 Å². The average molecular weight is 318 g/mol. The van der Waals surface area contributed by atoms with Crippen molar-refractivity contribution in [2.45, 2.75) is 0 Å². The number of para-hydroxylation sites is 1. The van der Waals surface area contributed by atoms with Gasteiger partial charge in [-0.05, 0) is 24.3 Å². The monoisotopic (exact) mass is 317 g/mol. The zero-order valence-corrected chi connectivity index (χ0v) is 12.2. The van der Waals surface area contributed by atoms with Gasteiger partial charge in [-0.1, -0.05) is 41.4 Å². The van der Waals surface area contributed by atoms with E-state index in [1.54, 1.807) is 24.3 Å². The third kappa shape index (κ3) is 2.35. The van der Waals surface area contributed by atoms with Crippen molar-refractivity contribution in [1.29, 1.82) is 0 Å². The number of halogens is 2. The first-order chi connectivity index (χ1) is 10.1. The Hall–Kier alpha value is -2.10. The van der Waals surface area contributed by atoms with Gasteiger partial charge in [0, 0.05) is 22.7 Å². The molecule has 0 atom stereocenters. The van der Waals surface area contributed by atoms with Gasteiger partial charge < -0.3 is 0 Å². The van der Waals surface area contributed by atoms with Crippen LogP contribution in [0.1, 0.15) is 20.7 Å². The minimum atomic E-state index is -0.266. The Morgan fingerprint density at radius 1 is 1.05 bits per heavy atom. The van der Waals surface area contributed by atoms with Crippen molar-refractivity contribution in [2.24, 2.45) is 0 Å². The van der Waals surface area contributed by atoms with Crippen molar-refractivity contribution in [2.75, 3.05) is 0 Å². The number of carbonyl (C=O) groups excluding carboxylic acids is 2. The van der Waals surface area contributed by atoms with E-state index in [1.807, 2.05) is 12.1 Å². The number of carbonyl (C=O) groups is 2. The van der Waals surface area contributed by atoms with Crippen molar-refractivity contribution in [3.8, 4) is 0 Å². The summed E-state index contributed by atoms with van der Waals surface area (Å²) in [7, 11) is 0. The number of hydrogen-bond donors (Lipinski definition) is 0. The molecule has 0 saturated carbocycles. The number of hydrogen-bond acceptors (Lipinski definition) is 2. The molecule has 0 unspecified atom stereocenters. The molecule has 0 aliphatic rings. The van der Waals surface area contributed by atoms with Crippen LogP contribution >= 0.6 is 23.2 Å². The van der Waals surface area contributed by atoms with Crippen LogP contribution in [0.4, 0.5) is 0 Å². The Labute approximate surface area is 130 Å². The van der Waals surface area contributed by atoms with Crippen molar-refractivity contribution >= 4 is 46.3 Å². The van der Waals surface area contributed by atoms with Crippen LogP contribution < -0.4 is 0 Å². The Morgan fingerprint density at radius 2 is 1.81 bits per heavy atom. The smallest absolute Gasteiger partial charge is 0.262 e. The number of aldehydes is 1. The van der Waals surface area contributed by atoms with E-state index in [0.717, 1.165) is 11.7 Å². The first-order valence-electron chi connectivity index (χ1n) is 6.17. The fourth-order valence-electron chi connectivity index (χ4n) is 2.24. The lowest BCUT2D eigenvalue weighted by Crippen LogP contribution is -2.10. The van der Waals surface area contributed by atoms with Crippen LogP contribution in [0.3, 0.4) is 0 Å². The SMILES string of the molecule is O=Cc1cn(C(=O)c2ccc(Cl)c(Cl)c2)c2ccccc12. The van der Waals surface area contributed by atoms with E-state index in [2.05, 4.69) is 0 Å². The molecular weight excluding hydrogens is 309 g/mol. The third-order valence-corrected chi connectivity index (χ3v) is 3.99. The highest BCUT2D eigenvalue weighted by atomic mass is 35.5. The number of aromatic nitrogens is 1. The molecule has 2 aromatic carbocycles. The molecule has 3 aromatic rings. The molecule has 104 valence electrons. The number of benzene rings is 2. The maximum absolute atomic E-state index is 12.6.